The maximum Gasteiger partial charge on any atom is 0.295 e. The van der Waals surface area contributed by atoms with Crippen molar-refractivity contribution in [3.05, 3.63) is 77.1 Å². The van der Waals surface area contributed by atoms with Crippen LogP contribution in [0, 0.1) is 5.82 Å². The van der Waals surface area contributed by atoms with E-state index in [1.54, 1.807) is 42.5 Å². The molecule has 0 bridgehead atoms. The highest BCUT2D eigenvalue weighted by molar-refractivity contribution is 6.46. The lowest BCUT2D eigenvalue weighted by molar-refractivity contribution is -0.140. The number of likely N-dealkylation sites (N-methyl/N-ethyl adjacent to an activating group) is 1. The molecule has 152 valence electrons. The molecule has 0 unspecified atom stereocenters. The zero-order chi connectivity index (χ0) is 21.0. The minimum absolute atomic E-state index is 0.0346. The van der Waals surface area contributed by atoms with Crippen LogP contribution < -0.4 is 0 Å². The molecule has 1 heterocycles. The average molecular weight is 396 g/mol. The number of halogens is 1. The molecule has 1 N–H and O–H groups in total. The Labute approximate surface area is 170 Å². The van der Waals surface area contributed by atoms with Gasteiger partial charge in [0.2, 0.25) is 0 Å². The van der Waals surface area contributed by atoms with Crippen molar-refractivity contribution >= 4 is 17.4 Å². The largest absolute Gasteiger partial charge is 0.507 e. The third-order valence-electron chi connectivity index (χ3n) is 5.32. The van der Waals surface area contributed by atoms with Gasteiger partial charge in [-0.15, -0.1) is 0 Å². The van der Waals surface area contributed by atoms with Crippen LogP contribution in [0.3, 0.4) is 0 Å². The van der Waals surface area contributed by atoms with Crippen LogP contribution in [0.25, 0.3) is 5.76 Å². The smallest absolute Gasteiger partial charge is 0.295 e. The van der Waals surface area contributed by atoms with Crippen LogP contribution in [-0.4, -0.2) is 52.8 Å². The summed E-state index contributed by atoms with van der Waals surface area (Å²) in [6, 6.07) is 13.6. The molecule has 1 atom stereocenters. The van der Waals surface area contributed by atoms with Gasteiger partial charge < -0.3 is 14.9 Å². The zero-order valence-corrected chi connectivity index (χ0v) is 16.6. The van der Waals surface area contributed by atoms with Crippen molar-refractivity contribution in [3.8, 4) is 0 Å². The van der Waals surface area contributed by atoms with Gasteiger partial charge in [-0.1, -0.05) is 56.3 Å². The average Bonchev–Trinajstić information content (AvgIpc) is 3.00. The SMILES string of the molecule is CCN(CC)CCN1C(=O)C(=O)C(=C(O)c2ccccc2)[C@H]1c1ccc(F)cc1. The molecular formula is C23H25FN2O3. The summed E-state index contributed by atoms with van der Waals surface area (Å²) in [6.45, 7) is 6.65. The van der Waals surface area contributed by atoms with Gasteiger partial charge in [0, 0.05) is 18.7 Å². The van der Waals surface area contributed by atoms with Crippen LogP contribution in [-0.2, 0) is 9.59 Å². The number of carbonyl (C=O) groups is 2. The van der Waals surface area contributed by atoms with Crippen molar-refractivity contribution < 1.29 is 19.1 Å². The van der Waals surface area contributed by atoms with Gasteiger partial charge in [0.05, 0.1) is 11.6 Å². The van der Waals surface area contributed by atoms with Gasteiger partial charge in [0.25, 0.3) is 11.7 Å². The van der Waals surface area contributed by atoms with Crippen molar-refractivity contribution in [1.29, 1.82) is 0 Å². The van der Waals surface area contributed by atoms with E-state index >= 15 is 0 Å². The number of benzene rings is 2. The fraction of sp³-hybridized carbons (Fsp3) is 0.304. The van der Waals surface area contributed by atoms with E-state index in [-0.39, 0.29) is 11.3 Å². The fourth-order valence-corrected chi connectivity index (χ4v) is 3.64. The molecule has 6 heteroatoms. The highest BCUT2D eigenvalue weighted by Crippen LogP contribution is 2.39. The van der Waals surface area contributed by atoms with Gasteiger partial charge in [-0.05, 0) is 30.8 Å². The normalized spacial score (nSPS) is 18.6. The number of likely N-dealkylation sites (tertiary alicyclic amines) is 1. The van der Waals surface area contributed by atoms with E-state index in [1.165, 1.54) is 17.0 Å². The minimum Gasteiger partial charge on any atom is -0.507 e. The maximum absolute atomic E-state index is 13.5. The molecule has 5 nitrogen and oxygen atoms in total. The Kier molecular flexibility index (Phi) is 6.44. The highest BCUT2D eigenvalue weighted by atomic mass is 19.1. The van der Waals surface area contributed by atoms with E-state index in [2.05, 4.69) is 4.90 Å². The van der Waals surface area contributed by atoms with Gasteiger partial charge in [-0.3, -0.25) is 9.59 Å². The van der Waals surface area contributed by atoms with E-state index in [9.17, 15) is 19.1 Å². The quantitative estimate of drug-likeness (QED) is 0.441. The Morgan fingerprint density at radius 1 is 1.03 bits per heavy atom. The number of Topliss-reactive ketones (excluding diaryl/α,β-unsaturated/α-hetero) is 1. The van der Waals surface area contributed by atoms with Crippen molar-refractivity contribution in [3.63, 3.8) is 0 Å². The number of amides is 1. The standard InChI is InChI=1S/C23H25FN2O3/c1-3-25(4-2)14-15-26-20(16-10-12-18(24)13-11-16)19(22(28)23(26)29)21(27)17-8-6-5-7-9-17/h5-13,20,27H,3-4,14-15H2,1-2H3/t20-/m1/s1. The first-order valence-corrected chi connectivity index (χ1v) is 9.79. The predicted octanol–water partition coefficient (Wildman–Crippen LogP) is 3.59. The Balaban J connectivity index is 2.07. The van der Waals surface area contributed by atoms with Crippen molar-refractivity contribution in [2.24, 2.45) is 0 Å². The van der Waals surface area contributed by atoms with Crippen LogP contribution in [0.4, 0.5) is 4.39 Å². The number of nitrogens with zero attached hydrogens (tertiary/aromatic N) is 2. The van der Waals surface area contributed by atoms with Gasteiger partial charge in [-0.2, -0.15) is 0 Å². The molecule has 3 rings (SSSR count). The lowest BCUT2D eigenvalue weighted by Crippen LogP contribution is -2.38. The molecule has 0 radical (unpaired) electrons. The van der Waals surface area contributed by atoms with Crippen molar-refractivity contribution in [2.45, 2.75) is 19.9 Å². The molecule has 1 aliphatic heterocycles. The van der Waals surface area contributed by atoms with Crippen molar-refractivity contribution in [1.82, 2.24) is 9.80 Å². The summed E-state index contributed by atoms with van der Waals surface area (Å²) in [4.78, 5) is 29.3. The number of hydrogen-bond acceptors (Lipinski definition) is 4. The Morgan fingerprint density at radius 3 is 2.24 bits per heavy atom. The molecule has 1 aliphatic rings. The summed E-state index contributed by atoms with van der Waals surface area (Å²) >= 11 is 0. The maximum atomic E-state index is 13.5. The first kappa shape index (κ1) is 20.7. The molecule has 1 fully saturated rings. The number of rotatable bonds is 7. The van der Waals surface area contributed by atoms with E-state index in [0.29, 0.717) is 24.2 Å². The molecule has 0 aliphatic carbocycles. The number of ketones is 1. The lowest BCUT2D eigenvalue weighted by Gasteiger charge is -2.28. The molecule has 1 saturated heterocycles. The second-order valence-corrected chi connectivity index (χ2v) is 6.94. The number of aliphatic hydroxyl groups excluding tert-OH is 1. The number of aliphatic hydroxyl groups is 1. The lowest BCUT2D eigenvalue weighted by atomic mass is 9.95. The third-order valence-corrected chi connectivity index (χ3v) is 5.32. The number of carbonyl (C=O) groups excluding carboxylic acids is 2. The Hall–Kier alpha value is -2.99. The summed E-state index contributed by atoms with van der Waals surface area (Å²) in [6.07, 6.45) is 0. The molecule has 29 heavy (non-hydrogen) atoms. The summed E-state index contributed by atoms with van der Waals surface area (Å²) in [5.74, 6) is -2.00. The van der Waals surface area contributed by atoms with Gasteiger partial charge >= 0.3 is 0 Å². The van der Waals surface area contributed by atoms with E-state index in [4.69, 9.17) is 0 Å². The van der Waals surface area contributed by atoms with Gasteiger partial charge in [0.1, 0.15) is 11.6 Å². The number of hydrogen-bond donors (Lipinski definition) is 1. The summed E-state index contributed by atoms with van der Waals surface area (Å²) in [7, 11) is 0. The van der Waals surface area contributed by atoms with Crippen LogP contribution >= 0.6 is 0 Å². The Bertz CT molecular complexity index is 905. The van der Waals surface area contributed by atoms with Gasteiger partial charge in [0.15, 0.2) is 0 Å². The molecule has 0 aromatic heterocycles. The summed E-state index contributed by atoms with van der Waals surface area (Å²) in [5.41, 5.74) is 1.08. The Morgan fingerprint density at radius 2 is 1.66 bits per heavy atom. The van der Waals surface area contributed by atoms with Gasteiger partial charge in [-0.25, -0.2) is 4.39 Å². The van der Waals surface area contributed by atoms with Crippen LogP contribution in [0.1, 0.15) is 31.0 Å². The van der Waals surface area contributed by atoms with Crippen molar-refractivity contribution in [2.75, 3.05) is 26.2 Å². The summed E-state index contributed by atoms with van der Waals surface area (Å²) < 4.78 is 13.5. The second kappa shape index (κ2) is 9.01. The van der Waals surface area contributed by atoms with E-state index in [1.807, 2.05) is 13.8 Å². The highest BCUT2D eigenvalue weighted by Gasteiger charge is 2.45. The van der Waals surface area contributed by atoms with E-state index in [0.717, 1.165) is 13.1 Å². The first-order valence-electron chi connectivity index (χ1n) is 9.79. The molecule has 2 aromatic rings. The first-order chi connectivity index (χ1) is 14.0. The second-order valence-electron chi connectivity index (χ2n) is 6.94. The molecule has 0 spiro atoms. The van der Waals surface area contributed by atoms with E-state index < -0.39 is 23.5 Å². The zero-order valence-electron chi connectivity index (χ0n) is 16.6. The van der Waals surface area contributed by atoms with Crippen LogP contribution in [0.2, 0.25) is 0 Å². The summed E-state index contributed by atoms with van der Waals surface area (Å²) in [5, 5.41) is 10.9. The topological polar surface area (TPSA) is 60.9 Å². The molecule has 0 saturated carbocycles. The predicted molar refractivity (Wildman–Crippen MR) is 110 cm³/mol. The molecule has 1 amide bonds. The molecule has 2 aromatic carbocycles. The van der Waals surface area contributed by atoms with Crippen LogP contribution in [0.5, 0.6) is 0 Å². The third kappa shape index (κ3) is 4.22. The fourth-order valence-electron chi connectivity index (χ4n) is 3.64. The monoisotopic (exact) mass is 396 g/mol. The molecular weight excluding hydrogens is 371 g/mol. The minimum atomic E-state index is -0.758. The van der Waals surface area contributed by atoms with Crippen LogP contribution in [0.15, 0.2) is 60.2 Å².